The molecule has 0 aliphatic heterocycles. The first-order valence-electron chi connectivity index (χ1n) is 7.72. The molecule has 0 heterocycles. The molecule has 0 saturated heterocycles. The van der Waals surface area contributed by atoms with Crippen LogP contribution in [0.4, 0.5) is 5.69 Å². The molecule has 6 nitrogen and oxygen atoms in total. The summed E-state index contributed by atoms with van der Waals surface area (Å²) >= 11 is 0. The summed E-state index contributed by atoms with van der Waals surface area (Å²) in [4.78, 5) is 24.2. The van der Waals surface area contributed by atoms with Gasteiger partial charge in [0.1, 0.15) is 0 Å². The van der Waals surface area contributed by atoms with E-state index in [1.165, 1.54) is 12.1 Å². The molecule has 7 heteroatoms. The maximum atomic E-state index is 12.1. The first kappa shape index (κ1) is 18.7. The second kappa shape index (κ2) is 7.94. The molecule has 0 spiro atoms. The minimum atomic E-state index is -3.44. The second-order valence-corrected chi connectivity index (χ2v) is 7.62. The molecule has 0 unspecified atom stereocenters. The van der Waals surface area contributed by atoms with Crippen molar-refractivity contribution in [1.29, 1.82) is 0 Å². The lowest BCUT2D eigenvalue weighted by atomic mass is 10.1. The average molecular weight is 360 g/mol. The Morgan fingerprint density at radius 1 is 1.00 bits per heavy atom. The number of carbonyl (C=O) groups excluding carboxylic acids is 2. The number of hydrogen-bond donors (Lipinski definition) is 2. The Balaban J connectivity index is 1.92. The second-order valence-electron chi connectivity index (χ2n) is 5.64. The number of amides is 2. The molecule has 0 fully saturated rings. The predicted octanol–water partition coefficient (Wildman–Crippen LogP) is 2.16. The summed E-state index contributed by atoms with van der Waals surface area (Å²) in [5.41, 5.74) is 1.65. The third-order valence-electron chi connectivity index (χ3n) is 3.59. The van der Waals surface area contributed by atoms with Crippen molar-refractivity contribution in [3.8, 4) is 0 Å². The van der Waals surface area contributed by atoms with Crippen LogP contribution in [0.15, 0.2) is 53.4 Å². The molecule has 132 valence electrons. The van der Waals surface area contributed by atoms with Gasteiger partial charge in [-0.25, -0.2) is 8.42 Å². The zero-order valence-corrected chi connectivity index (χ0v) is 14.9. The Morgan fingerprint density at radius 2 is 1.64 bits per heavy atom. The van der Waals surface area contributed by atoms with Crippen LogP contribution in [0, 0.1) is 6.92 Å². The molecule has 25 heavy (non-hydrogen) atoms. The zero-order chi connectivity index (χ0) is 18.4. The van der Waals surface area contributed by atoms with Crippen LogP contribution in [0.2, 0.25) is 0 Å². The van der Waals surface area contributed by atoms with Crippen molar-refractivity contribution in [1.82, 2.24) is 5.32 Å². The SMILES string of the molecule is Cc1ccccc1C(=O)NCCC(=O)Nc1ccccc1S(C)(=O)=O. The number of aryl methyl sites for hydroxylation is 1. The van der Waals surface area contributed by atoms with Gasteiger partial charge >= 0.3 is 0 Å². The van der Waals surface area contributed by atoms with Crippen molar-refractivity contribution >= 4 is 27.3 Å². The van der Waals surface area contributed by atoms with Crippen LogP contribution < -0.4 is 10.6 Å². The van der Waals surface area contributed by atoms with Gasteiger partial charge in [0.15, 0.2) is 9.84 Å². The molecule has 0 aliphatic carbocycles. The largest absolute Gasteiger partial charge is 0.352 e. The van der Waals surface area contributed by atoms with Gasteiger partial charge in [-0.05, 0) is 30.7 Å². The first-order valence-corrected chi connectivity index (χ1v) is 9.61. The van der Waals surface area contributed by atoms with Crippen LogP contribution in [0.1, 0.15) is 22.3 Å². The van der Waals surface area contributed by atoms with E-state index >= 15 is 0 Å². The summed E-state index contributed by atoms with van der Waals surface area (Å²) in [6, 6.07) is 13.4. The topological polar surface area (TPSA) is 92.3 Å². The number of para-hydroxylation sites is 1. The van der Waals surface area contributed by atoms with Crippen LogP contribution in [-0.2, 0) is 14.6 Å². The third-order valence-corrected chi connectivity index (χ3v) is 4.74. The molecular formula is C18H20N2O4S. The van der Waals surface area contributed by atoms with E-state index < -0.39 is 9.84 Å². The van der Waals surface area contributed by atoms with E-state index in [1.807, 2.05) is 19.1 Å². The van der Waals surface area contributed by atoms with E-state index in [1.54, 1.807) is 24.3 Å². The molecule has 0 saturated carbocycles. The highest BCUT2D eigenvalue weighted by molar-refractivity contribution is 7.90. The molecule has 0 aliphatic rings. The lowest BCUT2D eigenvalue weighted by molar-refractivity contribution is -0.116. The molecule has 2 aromatic rings. The molecule has 2 aromatic carbocycles. The average Bonchev–Trinajstić information content (AvgIpc) is 2.54. The minimum absolute atomic E-state index is 0.0374. The maximum absolute atomic E-state index is 12.1. The number of sulfone groups is 1. The summed E-state index contributed by atoms with van der Waals surface area (Å²) < 4.78 is 23.4. The summed E-state index contributed by atoms with van der Waals surface area (Å²) in [5.74, 6) is -0.622. The molecule has 0 aromatic heterocycles. The quantitative estimate of drug-likeness (QED) is 0.826. The van der Waals surface area contributed by atoms with Crippen LogP contribution in [-0.4, -0.2) is 33.0 Å². The summed E-state index contributed by atoms with van der Waals surface area (Å²) in [6.45, 7) is 1.99. The highest BCUT2D eigenvalue weighted by Crippen LogP contribution is 2.20. The van der Waals surface area contributed by atoms with Gasteiger partial charge in [-0.2, -0.15) is 0 Å². The fourth-order valence-electron chi connectivity index (χ4n) is 2.32. The number of hydrogen-bond acceptors (Lipinski definition) is 4. The van der Waals surface area contributed by atoms with Crippen molar-refractivity contribution in [2.24, 2.45) is 0 Å². The van der Waals surface area contributed by atoms with Crippen LogP contribution in [0.25, 0.3) is 0 Å². The summed E-state index contributed by atoms with van der Waals surface area (Å²) in [7, 11) is -3.44. The number of anilines is 1. The van der Waals surface area contributed by atoms with E-state index in [0.717, 1.165) is 11.8 Å². The Labute approximate surface area is 147 Å². The predicted molar refractivity (Wildman–Crippen MR) is 96.3 cm³/mol. The van der Waals surface area contributed by atoms with Crippen molar-refractivity contribution in [2.75, 3.05) is 18.1 Å². The molecular weight excluding hydrogens is 340 g/mol. The lowest BCUT2D eigenvalue weighted by Crippen LogP contribution is -2.28. The van der Waals surface area contributed by atoms with Gasteiger partial charge in [0, 0.05) is 24.8 Å². The normalized spacial score (nSPS) is 11.0. The third kappa shape index (κ3) is 5.15. The summed E-state index contributed by atoms with van der Waals surface area (Å²) in [6.07, 6.45) is 1.12. The Morgan fingerprint density at radius 3 is 2.32 bits per heavy atom. The van der Waals surface area contributed by atoms with Gasteiger partial charge < -0.3 is 10.6 Å². The number of nitrogens with one attached hydrogen (secondary N) is 2. The highest BCUT2D eigenvalue weighted by atomic mass is 32.2. The zero-order valence-electron chi connectivity index (χ0n) is 14.1. The maximum Gasteiger partial charge on any atom is 0.251 e. The van der Waals surface area contributed by atoms with E-state index in [2.05, 4.69) is 10.6 Å². The van der Waals surface area contributed by atoms with Gasteiger partial charge in [0.05, 0.1) is 10.6 Å². The van der Waals surface area contributed by atoms with Gasteiger partial charge in [-0.3, -0.25) is 9.59 Å². The summed E-state index contributed by atoms with van der Waals surface area (Å²) in [5, 5.41) is 5.26. The molecule has 2 amide bonds. The van der Waals surface area contributed by atoms with Gasteiger partial charge in [0.25, 0.3) is 5.91 Å². The van der Waals surface area contributed by atoms with E-state index in [9.17, 15) is 18.0 Å². The van der Waals surface area contributed by atoms with Crippen molar-refractivity contribution in [3.63, 3.8) is 0 Å². The minimum Gasteiger partial charge on any atom is -0.352 e. The van der Waals surface area contributed by atoms with Crippen molar-refractivity contribution in [2.45, 2.75) is 18.2 Å². The highest BCUT2D eigenvalue weighted by Gasteiger charge is 2.14. The number of rotatable bonds is 6. The monoisotopic (exact) mass is 360 g/mol. The molecule has 0 radical (unpaired) electrons. The molecule has 0 bridgehead atoms. The fourth-order valence-corrected chi connectivity index (χ4v) is 3.16. The number of benzene rings is 2. The molecule has 0 atom stereocenters. The van der Waals surface area contributed by atoms with Gasteiger partial charge in [0.2, 0.25) is 5.91 Å². The van der Waals surface area contributed by atoms with Crippen LogP contribution >= 0.6 is 0 Å². The van der Waals surface area contributed by atoms with Gasteiger partial charge in [-0.15, -0.1) is 0 Å². The van der Waals surface area contributed by atoms with E-state index in [0.29, 0.717) is 5.56 Å². The first-order chi connectivity index (χ1) is 11.8. The standard InChI is InChI=1S/C18H20N2O4S/c1-13-7-3-4-8-14(13)18(22)19-12-11-17(21)20-15-9-5-6-10-16(15)25(2,23)24/h3-10H,11-12H2,1-2H3,(H,19,22)(H,20,21). The molecule has 2 rings (SSSR count). The lowest BCUT2D eigenvalue weighted by Gasteiger charge is -2.10. The molecule has 2 N–H and O–H groups in total. The van der Waals surface area contributed by atoms with Crippen LogP contribution in [0.3, 0.4) is 0 Å². The Hall–Kier alpha value is -2.67. The van der Waals surface area contributed by atoms with Crippen molar-refractivity contribution in [3.05, 3.63) is 59.7 Å². The van der Waals surface area contributed by atoms with Gasteiger partial charge in [-0.1, -0.05) is 30.3 Å². The van der Waals surface area contributed by atoms with Crippen LogP contribution in [0.5, 0.6) is 0 Å². The van der Waals surface area contributed by atoms with Crippen molar-refractivity contribution < 1.29 is 18.0 Å². The Bertz CT molecular complexity index is 891. The smallest absolute Gasteiger partial charge is 0.251 e. The number of carbonyl (C=O) groups is 2. The van der Waals surface area contributed by atoms with E-state index in [-0.39, 0.29) is 35.4 Å². The van der Waals surface area contributed by atoms with E-state index in [4.69, 9.17) is 0 Å². The Kier molecular flexibility index (Phi) is 5.93. The fraction of sp³-hybridized carbons (Fsp3) is 0.222.